The Morgan fingerprint density at radius 3 is 2.53 bits per heavy atom. The number of hydrogen-bond acceptors (Lipinski definition) is 5. The van der Waals surface area contributed by atoms with Gasteiger partial charge >= 0.3 is 0 Å². The molecular formula is C21H22Cl2N4O2S. The molecule has 3 aromatic rings. The highest BCUT2D eigenvalue weighted by Gasteiger charge is 2.22. The van der Waals surface area contributed by atoms with Crippen LogP contribution in [0.1, 0.15) is 13.3 Å². The van der Waals surface area contributed by atoms with Crippen molar-refractivity contribution in [1.82, 2.24) is 14.8 Å². The lowest BCUT2D eigenvalue weighted by molar-refractivity contribution is -0.115. The molecule has 9 heteroatoms. The van der Waals surface area contributed by atoms with E-state index in [4.69, 9.17) is 27.9 Å². The molecule has 0 bridgehead atoms. The smallest absolute Gasteiger partial charge is 0.237 e. The summed E-state index contributed by atoms with van der Waals surface area (Å²) in [5.74, 6) is 0.497. The Hall–Kier alpha value is -2.06. The van der Waals surface area contributed by atoms with Crippen molar-refractivity contribution in [2.75, 3.05) is 19.0 Å². The maximum atomic E-state index is 12.7. The van der Waals surface area contributed by atoms with E-state index in [9.17, 15) is 4.79 Å². The molecule has 1 N–H and O–H groups in total. The van der Waals surface area contributed by atoms with Crippen LogP contribution in [0.4, 0.5) is 5.69 Å². The largest absolute Gasteiger partial charge is 0.385 e. The van der Waals surface area contributed by atoms with Crippen LogP contribution in [0.25, 0.3) is 11.4 Å². The Labute approximate surface area is 189 Å². The Morgan fingerprint density at radius 2 is 1.83 bits per heavy atom. The quantitative estimate of drug-likeness (QED) is 0.338. The summed E-state index contributed by atoms with van der Waals surface area (Å²) >= 11 is 13.8. The molecule has 0 saturated heterocycles. The lowest BCUT2D eigenvalue weighted by atomic mass is 10.2. The van der Waals surface area contributed by atoms with E-state index in [-0.39, 0.29) is 5.91 Å². The maximum Gasteiger partial charge on any atom is 0.237 e. The van der Waals surface area contributed by atoms with Gasteiger partial charge in [-0.1, -0.05) is 59.2 Å². The van der Waals surface area contributed by atoms with Gasteiger partial charge in [-0.05, 0) is 37.6 Å². The average Bonchev–Trinajstić information content (AvgIpc) is 3.12. The molecule has 0 spiro atoms. The third-order valence-electron chi connectivity index (χ3n) is 4.34. The number of para-hydroxylation sites is 1. The van der Waals surface area contributed by atoms with Gasteiger partial charge in [0.2, 0.25) is 5.91 Å². The molecule has 0 aliphatic rings. The summed E-state index contributed by atoms with van der Waals surface area (Å²) in [4.78, 5) is 12.7. The Balaban J connectivity index is 1.81. The number of thioether (sulfide) groups is 1. The number of benzene rings is 2. The molecule has 1 aromatic heterocycles. The molecule has 2 aromatic carbocycles. The minimum Gasteiger partial charge on any atom is -0.385 e. The molecule has 0 aliphatic heterocycles. The zero-order valence-corrected chi connectivity index (χ0v) is 19.0. The molecule has 0 fully saturated rings. The van der Waals surface area contributed by atoms with Crippen molar-refractivity contribution < 1.29 is 9.53 Å². The van der Waals surface area contributed by atoms with Gasteiger partial charge in [-0.15, -0.1) is 10.2 Å². The first-order valence-corrected chi connectivity index (χ1v) is 11.0. The van der Waals surface area contributed by atoms with E-state index in [1.54, 1.807) is 19.2 Å². The van der Waals surface area contributed by atoms with Crippen molar-refractivity contribution in [3.05, 3.63) is 58.6 Å². The van der Waals surface area contributed by atoms with Crippen LogP contribution in [0.15, 0.2) is 53.7 Å². The lowest BCUT2D eigenvalue weighted by Gasteiger charge is -2.14. The van der Waals surface area contributed by atoms with Crippen LogP contribution in [-0.2, 0) is 16.1 Å². The summed E-state index contributed by atoms with van der Waals surface area (Å²) in [7, 11) is 1.66. The van der Waals surface area contributed by atoms with Gasteiger partial charge in [0.25, 0.3) is 0 Å². The number of halogens is 2. The fourth-order valence-corrected chi connectivity index (χ4v) is 4.07. The number of methoxy groups -OCH3 is 1. The number of carbonyl (C=O) groups is 1. The van der Waals surface area contributed by atoms with E-state index >= 15 is 0 Å². The van der Waals surface area contributed by atoms with Gasteiger partial charge in [-0.25, -0.2) is 0 Å². The van der Waals surface area contributed by atoms with Crippen molar-refractivity contribution in [3.63, 3.8) is 0 Å². The highest BCUT2D eigenvalue weighted by molar-refractivity contribution is 8.00. The van der Waals surface area contributed by atoms with Gasteiger partial charge in [0.1, 0.15) is 0 Å². The summed E-state index contributed by atoms with van der Waals surface area (Å²) in [6.07, 6.45) is 0.778. The van der Waals surface area contributed by atoms with Crippen molar-refractivity contribution >= 4 is 46.6 Å². The average molecular weight is 465 g/mol. The number of nitrogens with zero attached hydrogens (tertiary/aromatic N) is 3. The number of amides is 1. The first-order valence-electron chi connectivity index (χ1n) is 9.40. The predicted octanol–water partition coefficient (Wildman–Crippen LogP) is 5.41. The second-order valence-electron chi connectivity index (χ2n) is 6.51. The molecule has 1 atom stereocenters. The van der Waals surface area contributed by atoms with E-state index in [1.807, 2.05) is 47.9 Å². The first-order chi connectivity index (χ1) is 14.5. The highest BCUT2D eigenvalue weighted by atomic mass is 35.5. The van der Waals surface area contributed by atoms with Crippen molar-refractivity contribution in [1.29, 1.82) is 0 Å². The van der Waals surface area contributed by atoms with Gasteiger partial charge in [0, 0.05) is 25.8 Å². The third kappa shape index (κ3) is 5.55. The Morgan fingerprint density at radius 1 is 1.13 bits per heavy atom. The standard InChI is InChI=1S/C21H22Cl2N4O2S/c1-14(20(28)24-18-11-6-5-10-17(18)23)30-21-26-25-19(27(21)12-7-13-29-2)15-8-3-4-9-16(15)22/h3-6,8-11,14H,7,12-13H2,1-2H3,(H,24,28). The number of aromatic nitrogens is 3. The molecular weight excluding hydrogens is 443 g/mol. The topological polar surface area (TPSA) is 69.0 Å². The number of carbonyl (C=O) groups excluding carboxylic acids is 1. The van der Waals surface area contributed by atoms with Crippen LogP contribution < -0.4 is 5.32 Å². The van der Waals surface area contributed by atoms with Gasteiger partial charge < -0.3 is 14.6 Å². The molecule has 0 saturated carbocycles. The molecule has 3 rings (SSSR count). The number of rotatable bonds is 9. The molecule has 0 radical (unpaired) electrons. The minimum absolute atomic E-state index is 0.168. The summed E-state index contributed by atoms with van der Waals surface area (Å²) in [5, 5.41) is 12.9. The van der Waals surface area contributed by atoms with E-state index in [2.05, 4.69) is 15.5 Å². The normalized spacial score (nSPS) is 12.0. The van der Waals surface area contributed by atoms with Crippen molar-refractivity contribution in [2.24, 2.45) is 0 Å². The number of nitrogens with one attached hydrogen (secondary N) is 1. The van der Waals surface area contributed by atoms with Crippen LogP contribution in [-0.4, -0.2) is 39.6 Å². The summed E-state index contributed by atoms with van der Waals surface area (Å²) in [5.41, 5.74) is 1.37. The van der Waals surface area contributed by atoms with Crippen molar-refractivity contribution in [3.8, 4) is 11.4 Å². The predicted molar refractivity (Wildman–Crippen MR) is 122 cm³/mol. The first kappa shape index (κ1) is 22.6. The molecule has 0 aliphatic carbocycles. The Bertz CT molecular complexity index is 1010. The number of hydrogen-bond donors (Lipinski definition) is 1. The van der Waals surface area contributed by atoms with Crippen molar-refractivity contribution in [2.45, 2.75) is 30.3 Å². The lowest BCUT2D eigenvalue weighted by Crippen LogP contribution is -2.23. The summed E-state index contributed by atoms with van der Waals surface area (Å²) in [6.45, 7) is 3.07. The van der Waals surface area contributed by atoms with E-state index in [1.165, 1.54) is 11.8 Å². The molecule has 30 heavy (non-hydrogen) atoms. The molecule has 1 amide bonds. The molecule has 158 valence electrons. The van der Waals surface area contributed by atoms with E-state index in [0.717, 1.165) is 12.0 Å². The second kappa shape index (κ2) is 10.8. The Kier molecular flexibility index (Phi) is 8.16. The van der Waals surface area contributed by atoms with E-state index < -0.39 is 5.25 Å². The number of ether oxygens (including phenoxy) is 1. The van der Waals surface area contributed by atoms with Gasteiger partial charge in [0.15, 0.2) is 11.0 Å². The molecule has 1 unspecified atom stereocenters. The summed E-state index contributed by atoms with van der Waals surface area (Å²) < 4.78 is 7.16. The van der Waals surface area contributed by atoms with E-state index in [0.29, 0.717) is 39.9 Å². The molecule has 1 heterocycles. The maximum absolute atomic E-state index is 12.7. The summed E-state index contributed by atoms with van der Waals surface area (Å²) in [6, 6.07) is 14.6. The number of anilines is 1. The fraction of sp³-hybridized carbons (Fsp3) is 0.286. The van der Waals surface area contributed by atoms with Crippen LogP contribution in [0.2, 0.25) is 10.0 Å². The van der Waals surface area contributed by atoms with Crippen LogP contribution in [0.3, 0.4) is 0 Å². The zero-order chi connectivity index (χ0) is 21.5. The SMILES string of the molecule is COCCCn1c(SC(C)C(=O)Nc2ccccc2Cl)nnc1-c1ccccc1Cl. The van der Waals surface area contributed by atoms with Crippen LogP contribution in [0.5, 0.6) is 0 Å². The van der Waals surface area contributed by atoms with Gasteiger partial charge in [0.05, 0.1) is 21.0 Å². The second-order valence-corrected chi connectivity index (χ2v) is 8.64. The third-order valence-corrected chi connectivity index (χ3v) is 6.08. The highest BCUT2D eigenvalue weighted by Crippen LogP contribution is 2.31. The molecule has 6 nitrogen and oxygen atoms in total. The zero-order valence-electron chi connectivity index (χ0n) is 16.6. The van der Waals surface area contributed by atoms with Crippen LogP contribution in [0, 0.1) is 0 Å². The monoisotopic (exact) mass is 464 g/mol. The van der Waals surface area contributed by atoms with Crippen LogP contribution >= 0.6 is 35.0 Å². The van der Waals surface area contributed by atoms with Gasteiger partial charge in [-0.2, -0.15) is 0 Å². The van der Waals surface area contributed by atoms with Gasteiger partial charge in [-0.3, -0.25) is 4.79 Å². The minimum atomic E-state index is -0.411. The fourth-order valence-electron chi connectivity index (χ4n) is 2.79.